The van der Waals surface area contributed by atoms with Crippen LogP contribution in [-0.4, -0.2) is 55.9 Å². The third-order valence-corrected chi connectivity index (χ3v) is 3.91. The maximum absolute atomic E-state index is 11.5. The molecule has 0 aliphatic carbocycles. The quantitative estimate of drug-likeness (QED) is 0.377. The molecule has 1 fully saturated rings. The Labute approximate surface area is 151 Å². The first-order valence-corrected chi connectivity index (χ1v) is 8.14. The number of carboxylic acid groups (broad SMARTS) is 1. The van der Waals surface area contributed by atoms with Crippen LogP contribution in [-0.2, 0) is 4.74 Å². The zero-order valence-electron chi connectivity index (χ0n) is 14.1. The highest BCUT2D eigenvalue weighted by Gasteiger charge is 2.20. The standard InChI is InChI=1S/C16H21N3O5S/c1-22-12-6-5-10(13(15(20)21)14(12)23-2)8-18-19-16(25)17-9-11-4-3-7-24-11/h5-6,8,11H,3-4,7,9H2,1-2H3,(H,20,21)(H2,17,19,25)/b18-8-/t11-/m0/s1. The van der Waals surface area contributed by atoms with Crippen molar-refractivity contribution in [1.82, 2.24) is 10.7 Å². The van der Waals surface area contributed by atoms with Gasteiger partial charge in [-0.05, 0) is 37.2 Å². The van der Waals surface area contributed by atoms with Gasteiger partial charge in [-0.15, -0.1) is 0 Å². The van der Waals surface area contributed by atoms with Crippen LogP contribution in [0.15, 0.2) is 17.2 Å². The number of rotatable bonds is 7. The molecule has 0 radical (unpaired) electrons. The van der Waals surface area contributed by atoms with Gasteiger partial charge in [0.1, 0.15) is 5.56 Å². The minimum atomic E-state index is -1.14. The highest BCUT2D eigenvalue weighted by Crippen LogP contribution is 2.32. The third kappa shape index (κ3) is 5.04. The number of nitrogens with one attached hydrogen (secondary N) is 2. The maximum Gasteiger partial charge on any atom is 0.340 e. The number of hydrogen-bond acceptors (Lipinski definition) is 6. The lowest BCUT2D eigenvalue weighted by molar-refractivity contribution is 0.0692. The summed E-state index contributed by atoms with van der Waals surface area (Å²) in [6, 6.07) is 3.19. The van der Waals surface area contributed by atoms with Crippen LogP contribution in [0.3, 0.4) is 0 Å². The van der Waals surface area contributed by atoms with E-state index in [0.29, 0.717) is 23.0 Å². The summed E-state index contributed by atoms with van der Waals surface area (Å²) >= 11 is 5.12. The van der Waals surface area contributed by atoms with E-state index in [4.69, 9.17) is 26.4 Å². The SMILES string of the molecule is COc1ccc(/C=N\NC(=S)NC[C@@H]2CCCO2)c(C(=O)O)c1OC. The second-order valence-corrected chi connectivity index (χ2v) is 5.69. The third-order valence-electron chi connectivity index (χ3n) is 3.68. The lowest BCUT2D eigenvalue weighted by Crippen LogP contribution is -2.37. The number of aromatic carboxylic acids is 1. The lowest BCUT2D eigenvalue weighted by Gasteiger charge is -2.13. The number of hydrazone groups is 1. The molecule has 1 aliphatic rings. The molecule has 1 aliphatic heterocycles. The Morgan fingerprint density at radius 1 is 1.48 bits per heavy atom. The number of carbonyl (C=O) groups is 1. The van der Waals surface area contributed by atoms with Crippen molar-refractivity contribution in [3.05, 3.63) is 23.3 Å². The van der Waals surface area contributed by atoms with Crippen LogP contribution in [0, 0.1) is 0 Å². The first-order chi connectivity index (χ1) is 12.1. The largest absolute Gasteiger partial charge is 0.493 e. The molecule has 0 unspecified atom stereocenters. The zero-order chi connectivity index (χ0) is 18.2. The van der Waals surface area contributed by atoms with Crippen LogP contribution >= 0.6 is 12.2 Å². The number of thiocarbonyl (C=S) groups is 1. The molecule has 0 bridgehead atoms. The number of benzene rings is 1. The molecule has 25 heavy (non-hydrogen) atoms. The summed E-state index contributed by atoms with van der Waals surface area (Å²) in [6.07, 6.45) is 3.59. The summed E-state index contributed by atoms with van der Waals surface area (Å²) in [7, 11) is 2.82. The molecule has 0 spiro atoms. The number of ether oxygens (including phenoxy) is 3. The average Bonchev–Trinajstić information content (AvgIpc) is 3.12. The Morgan fingerprint density at radius 3 is 2.88 bits per heavy atom. The molecule has 8 nitrogen and oxygen atoms in total. The van der Waals surface area contributed by atoms with Crippen LogP contribution in [0.25, 0.3) is 0 Å². The van der Waals surface area contributed by atoms with Gasteiger partial charge in [0.05, 0.1) is 26.5 Å². The minimum Gasteiger partial charge on any atom is -0.493 e. The van der Waals surface area contributed by atoms with Gasteiger partial charge >= 0.3 is 5.97 Å². The van der Waals surface area contributed by atoms with E-state index in [9.17, 15) is 9.90 Å². The highest BCUT2D eigenvalue weighted by atomic mass is 32.1. The zero-order valence-corrected chi connectivity index (χ0v) is 14.9. The van der Waals surface area contributed by atoms with Crippen molar-refractivity contribution in [1.29, 1.82) is 0 Å². The van der Waals surface area contributed by atoms with Gasteiger partial charge in [-0.1, -0.05) is 0 Å². The fourth-order valence-electron chi connectivity index (χ4n) is 2.48. The topological polar surface area (TPSA) is 101 Å². The molecule has 2 rings (SSSR count). The highest BCUT2D eigenvalue weighted by molar-refractivity contribution is 7.80. The van der Waals surface area contributed by atoms with E-state index in [1.807, 2.05) is 0 Å². The second-order valence-electron chi connectivity index (χ2n) is 5.29. The molecule has 1 aromatic rings. The molecule has 1 atom stereocenters. The Morgan fingerprint density at radius 2 is 2.28 bits per heavy atom. The minimum absolute atomic E-state index is 0.0365. The van der Waals surface area contributed by atoms with Crippen molar-refractivity contribution in [3.8, 4) is 11.5 Å². The summed E-state index contributed by atoms with van der Waals surface area (Å²) < 4.78 is 15.8. The fourth-order valence-corrected chi connectivity index (χ4v) is 2.62. The van der Waals surface area contributed by atoms with Crippen molar-refractivity contribution < 1.29 is 24.1 Å². The Kier molecular flexibility index (Phi) is 6.96. The number of carboxylic acids is 1. The van der Waals surface area contributed by atoms with Crippen LogP contribution in [0.5, 0.6) is 11.5 Å². The van der Waals surface area contributed by atoms with E-state index in [1.165, 1.54) is 20.4 Å². The van der Waals surface area contributed by atoms with Gasteiger partial charge in [-0.3, -0.25) is 5.43 Å². The van der Waals surface area contributed by atoms with Crippen LogP contribution in [0.1, 0.15) is 28.8 Å². The van der Waals surface area contributed by atoms with Gasteiger partial charge in [0, 0.05) is 18.7 Å². The Hall–Kier alpha value is -2.39. The Bertz CT molecular complexity index is 659. The summed E-state index contributed by atoms with van der Waals surface area (Å²) in [6.45, 7) is 1.39. The fraction of sp³-hybridized carbons (Fsp3) is 0.438. The first-order valence-electron chi connectivity index (χ1n) is 7.73. The molecule has 0 amide bonds. The molecule has 3 N–H and O–H groups in total. The maximum atomic E-state index is 11.5. The lowest BCUT2D eigenvalue weighted by atomic mass is 10.1. The summed E-state index contributed by atoms with van der Waals surface area (Å²) in [5.74, 6) is -0.673. The smallest absolute Gasteiger partial charge is 0.340 e. The van der Waals surface area contributed by atoms with Gasteiger partial charge < -0.3 is 24.6 Å². The number of methoxy groups -OCH3 is 2. The van der Waals surface area contributed by atoms with Crippen molar-refractivity contribution in [2.45, 2.75) is 18.9 Å². The van der Waals surface area contributed by atoms with Crippen molar-refractivity contribution >= 4 is 29.5 Å². The summed E-state index contributed by atoms with van der Waals surface area (Å²) in [5, 5.41) is 16.8. The predicted molar refractivity (Wildman–Crippen MR) is 96.8 cm³/mol. The predicted octanol–water partition coefficient (Wildman–Crippen LogP) is 1.38. The molecule has 1 aromatic carbocycles. The van der Waals surface area contributed by atoms with Gasteiger partial charge in [-0.25, -0.2) is 4.79 Å². The monoisotopic (exact) mass is 367 g/mol. The van der Waals surface area contributed by atoms with Crippen LogP contribution in [0.2, 0.25) is 0 Å². The van der Waals surface area contributed by atoms with E-state index in [-0.39, 0.29) is 17.4 Å². The number of nitrogens with zero attached hydrogens (tertiary/aromatic N) is 1. The van der Waals surface area contributed by atoms with Gasteiger partial charge in [-0.2, -0.15) is 5.10 Å². The first kappa shape index (κ1) is 18.9. The average molecular weight is 367 g/mol. The van der Waals surface area contributed by atoms with E-state index < -0.39 is 5.97 Å². The van der Waals surface area contributed by atoms with Crippen molar-refractivity contribution in [2.24, 2.45) is 5.10 Å². The molecule has 1 heterocycles. The molecular formula is C16H21N3O5S. The molecule has 136 valence electrons. The molecule has 0 saturated carbocycles. The van der Waals surface area contributed by atoms with Crippen LogP contribution < -0.4 is 20.2 Å². The van der Waals surface area contributed by atoms with Crippen molar-refractivity contribution in [3.63, 3.8) is 0 Å². The van der Waals surface area contributed by atoms with Gasteiger partial charge in [0.2, 0.25) is 0 Å². The molecule has 0 aromatic heterocycles. The molecule has 9 heteroatoms. The molecular weight excluding hydrogens is 346 g/mol. The Balaban J connectivity index is 2.01. The normalized spacial score (nSPS) is 16.6. The second kappa shape index (κ2) is 9.19. The van der Waals surface area contributed by atoms with Crippen LogP contribution in [0.4, 0.5) is 0 Å². The number of hydrogen-bond donors (Lipinski definition) is 3. The van der Waals surface area contributed by atoms with E-state index >= 15 is 0 Å². The van der Waals surface area contributed by atoms with Gasteiger partial charge in [0.15, 0.2) is 16.6 Å². The van der Waals surface area contributed by atoms with E-state index in [1.54, 1.807) is 12.1 Å². The summed E-state index contributed by atoms with van der Waals surface area (Å²) in [4.78, 5) is 11.5. The van der Waals surface area contributed by atoms with Crippen molar-refractivity contribution in [2.75, 3.05) is 27.4 Å². The van der Waals surface area contributed by atoms with E-state index in [2.05, 4.69) is 15.8 Å². The van der Waals surface area contributed by atoms with E-state index in [0.717, 1.165) is 19.4 Å². The molecule has 1 saturated heterocycles. The van der Waals surface area contributed by atoms with Gasteiger partial charge in [0.25, 0.3) is 0 Å². The summed E-state index contributed by atoms with van der Waals surface area (Å²) in [5.41, 5.74) is 2.98.